The van der Waals surface area contributed by atoms with Crippen LogP contribution in [0.5, 0.6) is 0 Å². The van der Waals surface area contributed by atoms with E-state index >= 15 is 0 Å². The first-order valence-electron chi connectivity index (χ1n) is 30.9. The standard InChI is InChI=1S/C82H61BN6/c1-50-43-52(3)78(53(4)44-50)83(79-54(5)45-51(2)46-55(79)6)58-48-56(68-31-21-37-75(84-68)88-71-34-18-14-27-61(71)64-41-42-74-77(80(64)88)67-30-16-20-36-73(67)86(74)59-23-9-7-10-24-59)47-57(49-58)69-32-22-38-76(85-69)89-72-35-19-15-29-63(72)66-40-39-65-62-28-13-17-33-70(62)87(81(65)82(66)89)60-25-11-8-12-26-60/h7-49H,1-6H3. The Hall–Kier alpha value is -11.0. The summed E-state index contributed by atoms with van der Waals surface area (Å²) in [7, 11) is 0. The number of aryl methyl sites for hydroxylation is 6. The Labute approximate surface area is 516 Å². The van der Waals surface area contributed by atoms with Crippen molar-refractivity contribution < 1.29 is 0 Å². The Balaban J connectivity index is 0.930. The molecule has 17 aromatic rings. The molecular weight excluding hydrogens is 1080 g/mol. The second-order valence-electron chi connectivity index (χ2n) is 24.5. The van der Waals surface area contributed by atoms with Crippen LogP contribution in [0.25, 0.3) is 133 Å². The lowest BCUT2D eigenvalue weighted by Crippen LogP contribution is -2.56. The van der Waals surface area contributed by atoms with Crippen LogP contribution in [0.1, 0.15) is 33.4 Å². The third-order valence-corrected chi connectivity index (χ3v) is 18.8. The molecule has 0 saturated heterocycles. The lowest BCUT2D eigenvalue weighted by molar-refractivity contribution is 1.08. The van der Waals surface area contributed by atoms with Crippen molar-refractivity contribution in [2.24, 2.45) is 0 Å². The topological polar surface area (TPSA) is 45.5 Å². The SMILES string of the molecule is Cc1cc(C)c(B(c2cc(-c3cccc(-n4c5ccccc5c5ccc6c(c7ccccc7n6-c6ccccc6)c54)n3)cc(-c3cccc(-n4c5ccccc5c5ccc6c7ccccc7n(-c7ccccc7)c6c54)n3)c2)c2c(C)cc(C)cc2C)c(C)c1. The van der Waals surface area contributed by atoms with Crippen molar-refractivity contribution in [3.05, 3.63) is 294 Å². The van der Waals surface area contributed by atoms with Crippen molar-refractivity contribution >= 4 is 110 Å². The molecule has 0 saturated carbocycles. The Kier molecular flexibility index (Phi) is 11.9. The van der Waals surface area contributed by atoms with E-state index in [0.717, 1.165) is 89.7 Å². The summed E-state index contributed by atoms with van der Waals surface area (Å²) in [5.74, 6) is 1.69. The molecular formula is C82H61BN6. The van der Waals surface area contributed by atoms with E-state index in [0.29, 0.717) is 0 Å². The summed E-state index contributed by atoms with van der Waals surface area (Å²) < 4.78 is 9.67. The summed E-state index contributed by atoms with van der Waals surface area (Å²) in [5.41, 5.74) is 26.5. The maximum absolute atomic E-state index is 5.85. The van der Waals surface area contributed by atoms with E-state index in [4.69, 9.17) is 9.97 Å². The van der Waals surface area contributed by atoms with Gasteiger partial charge in [-0.05, 0) is 126 Å². The molecule has 0 unspecified atom stereocenters. The van der Waals surface area contributed by atoms with E-state index in [1.54, 1.807) is 0 Å². The maximum atomic E-state index is 5.85. The van der Waals surface area contributed by atoms with Gasteiger partial charge in [0.2, 0.25) is 6.71 Å². The van der Waals surface area contributed by atoms with Crippen LogP contribution in [-0.2, 0) is 0 Å². The van der Waals surface area contributed by atoms with Crippen LogP contribution in [0, 0.1) is 41.5 Å². The molecule has 0 radical (unpaired) electrons. The largest absolute Gasteiger partial charge is 0.309 e. The first-order chi connectivity index (χ1) is 43.6. The molecule has 0 bridgehead atoms. The van der Waals surface area contributed by atoms with Gasteiger partial charge in [0, 0.05) is 65.6 Å². The summed E-state index contributed by atoms with van der Waals surface area (Å²) in [5, 5.41) is 9.53. The van der Waals surface area contributed by atoms with Gasteiger partial charge >= 0.3 is 0 Å². The molecule has 0 amide bonds. The predicted molar refractivity (Wildman–Crippen MR) is 376 cm³/mol. The zero-order valence-corrected chi connectivity index (χ0v) is 50.6. The fourth-order valence-corrected chi connectivity index (χ4v) is 15.5. The predicted octanol–water partition coefficient (Wildman–Crippen LogP) is 18.6. The highest BCUT2D eigenvalue weighted by Gasteiger charge is 2.31. The van der Waals surface area contributed by atoms with Crippen molar-refractivity contribution in [3.8, 4) is 45.5 Å². The summed E-state index contributed by atoms with van der Waals surface area (Å²) in [4.78, 5) is 11.7. The molecule has 0 spiro atoms. The van der Waals surface area contributed by atoms with Gasteiger partial charge in [-0.2, -0.15) is 0 Å². The number of nitrogens with zero attached hydrogens (tertiary/aromatic N) is 6. The first-order valence-corrected chi connectivity index (χ1v) is 30.9. The minimum Gasteiger partial charge on any atom is -0.309 e. The van der Waals surface area contributed by atoms with Crippen molar-refractivity contribution in [1.29, 1.82) is 0 Å². The number of hydrogen-bond acceptors (Lipinski definition) is 2. The average Bonchev–Trinajstić information content (AvgIpc) is 1.57. The molecule has 0 N–H and O–H groups in total. The Morgan fingerprint density at radius 3 is 1.16 bits per heavy atom. The summed E-state index contributed by atoms with van der Waals surface area (Å²) >= 11 is 0. The summed E-state index contributed by atoms with van der Waals surface area (Å²) in [6.07, 6.45) is 0. The maximum Gasteiger partial charge on any atom is 0.242 e. The van der Waals surface area contributed by atoms with Crippen LogP contribution in [0.15, 0.2) is 261 Å². The van der Waals surface area contributed by atoms with Crippen molar-refractivity contribution in [3.63, 3.8) is 0 Å². The molecule has 11 aromatic carbocycles. The molecule has 17 rings (SSSR count). The van der Waals surface area contributed by atoms with E-state index in [-0.39, 0.29) is 6.71 Å². The molecule has 0 aliphatic rings. The molecule has 89 heavy (non-hydrogen) atoms. The second kappa shape index (κ2) is 20.3. The normalized spacial score (nSPS) is 11.9. The Morgan fingerprint density at radius 2 is 0.663 bits per heavy atom. The van der Waals surface area contributed by atoms with E-state index in [9.17, 15) is 0 Å². The van der Waals surface area contributed by atoms with Crippen LogP contribution < -0.4 is 16.4 Å². The molecule has 7 heteroatoms. The zero-order valence-electron chi connectivity index (χ0n) is 50.6. The fraction of sp³-hybridized carbons (Fsp3) is 0.0732. The minimum absolute atomic E-state index is 0.112. The number of pyridine rings is 2. The van der Waals surface area contributed by atoms with Crippen LogP contribution in [0.4, 0.5) is 0 Å². The van der Waals surface area contributed by atoms with Gasteiger partial charge in [0.25, 0.3) is 0 Å². The van der Waals surface area contributed by atoms with Gasteiger partial charge in [0.1, 0.15) is 11.6 Å². The van der Waals surface area contributed by atoms with Crippen molar-refractivity contribution in [2.75, 3.05) is 0 Å². The lowest BCUT2D eigenvalue weighted by Gasteiger charge is -2.25. The highest BCUT2D eigenvalue weighted by molar-refractivity contribution is 6.96. The molecule has 0 aliphatic heterocycles. The third kappa shape index (κ3) is 8.11. The van der Waals surface area contributed by atoms with Gasteiger partial charge in [-0.25, -0.2) is 9.97 Å². The zero-order chi connectivity index (χ0) is 59.8. The summed E-state index contributed by atoms with van der Waals surface area (Å²) in [6, 6.07) is 95.7. The van der Waals surface area contributed by atoms with Gasteiger partial charge in [-0.1, -0.05) is 226 Å². The first kappa shape index (κ1) is 52.3. The van der Waals surface area contributed by atoms with E-state index in [2.05, 4.69) is 321 Å². The van der Waals surface area contributed by atoms with Crippen molar-refractivity contribution in [1.82, 2.24) is 28.2 Å². The number of aromatic nitrogens is 6. The van der Waals surface area contributed by atoms with Gasteiger partial charge < -0.3 is 9.13 Å². The molecule has 0 fully saturated rings. The van der Waals surface area contributed by atoms with Gasteiger partial charge in [-0.3, -0.25) is 9.13 Å². The van der Waals surface area contributed by atoms with Crippen LogP contribution >= 0.6 is 0 Å². The second-order valence-corrected chi connectivity index (χ2v) is 24.5. The molecule has 422 valence electrons. The molecule has 6 aromatic heterocycles. The van der Waals surface area contributed by atoms with Crippen LogP contribution in [0.3, 0.4) is 0 Å². The molecule has 0 atom stereocenters. The number of para-hydroxylation sites is 6. The van der Waals surface area contributed by atoms with Gasteiger partial charge in [-0.15, -0.1) is 0 Å². The Morgan fingerprint density at radius 1 is 0.281 bits per heavy atom. The Bertz CT molecular complexity index is 5660. The van der Waals surface area contributed by atoms with E-state index in [1.165, 1.54) is 92.9 Å². The molecule has 6 nitrogen and oxygen atoms in total. The van der Waals surface area contributed by atoms with Crippen molar-refractivity contribution in [2.45, 2.75) is 41.5 Å². The fourth-order valence-electron chi connectivity index (χ4n) is 15.5. The number of benzene rings is 11. The monoisotopic (exact) mass is 1140 g/mol. The lowest BCUT2D eigenvalue weighted by atomic mass is 9.34. The van der Waals surface area contributed by atoms with Gasteiger partial charge in [0.05, 0.1) is 55.5 Å². The minimum atomic E-state index is -0.112. The summed E-state index contributed by atoms with van der Waals surface area (Å²) in [6.45, 7) is 13.5. The number of rotatable bonds is 9. The average molecular weight is 1140 g/mol. The van der Waals surface area contributed by atoms with E-state index < -0.39 is 0 Å². The number of hydrogen-bond donors (Lipinski definition) is 0. The third-order valence-electron chi connectivity index (χ3n) is 18.8. The highest BCUT2D eigenvalue weighted by atomic mass is 15.1. The number of fused-ring (bicyclic) bond motifs is 14. The molecule has 6 heterocycles. The van der Waals surface area contributed by atoms with Crippen LogP contribution in [0.2, 0.25) is 0 Å². The smallest absolute Gasteiger partial charge is 0.242 e. The van der Waals surface area contributed by atoms with Crippen LogP contribution in [-0.4, -0.2) is 34.9 Å². The quantitative estimate of drug-likeness (QED) is 0.135. The van der Waals surface area contributed by atoms with E-state index in [1.807, 2.05) is 0 Å². The van der Waals surface area contributed by atoms with Gasteiger partial charge in [0.15, 0.2) is 0 Å². The molecule has 0 aliphatic carbocycles. The highest BCUT2D eigenvalue weighted by Crippen LogP contribution is 2.44.